The van der Waals surface area contributed by atoms with Crippen LogP contribution in [0.3, 0.4) is 0 Å². The molecule has 0 aromatic rings. The van der Waals surface area contributed by atoms with E-state index >= 15 is 0 Å². The summed E-state index contributed by atoms with van der Waals surface area (Å²) in [6.07, 6.45) is 27.5. The van der Waals surface area contributed by atoms with E-state index in [1.165, 1.54) is 141 Å². The minimum Gasteiger partial charge on any atom is -0.394 e. The van der Waals surface area contributed by atoms with Crippen LogP contribution in [-0.4, -0.2) is 107 Å². The highest BCUT2D eigenvalue weighted by Gasteiger charge is 2.48. The number of unbranched alkanes of at least 4 members (excludes halogenated alkanes) is 27. The molecule has 1 rings (SSSR count). The van der Waals surface area contributed by atoms with Gasteiger partial charge in [0.05, 0.1) is 25.4 Å². The summed E-state index contributed by atoms with van der Waals surface area (Å²) in [6.45, 7) is 3.19. The molecule has 14 heteroatoms. The monoisotopic (exact) mass is 866 g/mol. The van der Waals surface area contributed by atoms with Crippen molar-refractivity contribution in [2.75, 3.05) is 13.2 Å². The second kappa shape index (κ2) is 36.3. The normalized spacial score (nSPS) is 21.5. The standard InChI is InChI=1S/C45H87NO12S/c1-3-5-7-9-11-13-14-15-16-17-18-19-20-21-22-23-24-26-28-30-32-34-39(49)44(52)46-37(38(48)33-31-29-27-25-12-10-8-6-4-2)36-56-45-42(51)43(58-59(53,54)55)41(50)40(35-47)57-45/h31,33,37-43,45,47-51H,3-30,32,34-36H2,1-2H3,(H,46,52)(H,53,54,55)/b33-31+. The maximum Gasteiger partial charge on any atom is 0.397 e. The SMILES string of the molecule is CCCCCCCCC/C=C/C(O)C(COC1OC(CO)C(O)C(OS(=O)(=O)O)C1O)NC(=O)C(O)CCCCCCCCCCCCCCCCCCCCCCC. The number of amides is 1. The Balaban J connectivity index is 2.44. The second-order valence-electron chi connectivity index (χ2n) is 16.8. The summed E-state index contributed by atoms with van der Waals surface area (Å²) in [4.78, 5) is 13.1. The Morgan fingerprint density at radius 3 is 1.53 bits per heavy atom. The first-order chi connectivity index (χ1) is 28.4. The third-order valence-corrected chi connectivity index (χ3v) is 11.9. The summed E-state index contributed by atoms with van der Waals surface area (Å²) >= 11 is 0. The van der Waals surface area contributed by atoms with Gasteiger partial charge in [0.1, 0.15) is 30.5 Å². The molecule has 8 unspecified atom stereocenters. The third kappa shape index (κ3) is 28.9. The molecule has 1 heterocycles. The molecule has 1 amide bonds. The Morgan fingerprint density at radius 2 is 1.10 bits per heavy atom. The number of hydrogen-bond donors (Lipinski definition) is 7. The number of carbonyl (C=O) groups excluding carboxylic acids is 1. The minimum atomic E-state index is -5.11. The van der Waals surface area contributed by atoms with Crippen molar-refractivity contribution in [2.45, 2.75) is 255 Å². The molecule has 0 saturated carbocycles. The van der Waals surface area contributed by atoms with Gasteiger partial charge in [-0.15, -0.1) is 0 Å². The molecule has 0 aromatic heterocycles. The zero-order chi connectivity index (χ0) is 43.6. The van der Waals surface area contributed by atoms with Gasteiger partial charge in [-0.25, -0.2) is 4.18 Å². The molecular formula is C45H87NO12S. The molecule has 7 N–H and O–H groups in total. The van der Waals surface area contributed by atoms with Crippen LogP contribution in [0.2, 0.25) is 0 Å². The van der Waals surface area contributed by atoms with Crippen molar-refractivity contribution in [3.05, 3.63) is 12.2 Å². The molecular weight excluding hydrogens is 779 g/mol. The van der Waals surface area contributed by atoms with E-state index in [0.29, 0.717) is 12.8 Å². The van der Waals surface area contributed by atoms with Crippen molar-refractivity contribution in [3.63, 3.8) is 0 Å². The smallest absolute Gasteiger partial charge is 0.394 e. The summed E-state index contributed by atoms with van der Waals surface area (Å²) < 4.78 is 47.4. The molecule has 350 valence electrons. The Bertz CT molecular complexity index is 1130. The maximum absolute atomic E-state index is 13.1. The summed E-state index contributed by atoms with van der Waals surface area (Å²) in [6, 6.07) is -1.11. The first-order valence-corrected chi connectivity index (χ1v) is 25.0. The highest BCUT2D eigenvalue weighted by Crippen LogP contribution is 2.26. The number of aliphatic hydroxyl groups is 5. The maximum atomic E-state index is 13.1. The fraction of sp³-hybridized carbons (Fsp3) is 0.933. The lowest BCUT2D eigenvalue weighted by Gasteiger charge is -2.41. The predicted molar refractivity (Wildman–Crippen MR) is 233 cm³/mol. The zero-order valence-electron chi connectivity index (χ0n) is 36.9. The largest absolute Gasteiger partial charge is 0.397 e. The van der Waals surface area contributed by atoms with Gasteiger partial charge in [-0.2, -0.15) is 8.42 Å². The molecule has 1 fully saturated rings. The van der Waals surface area contributed by atoms with Gasteiger partial charge in [-0.3, -0.25) is 9.35 Å². The van der Waals surface area contributed by atoms with Crippen molar-refractivity contribution in [1.29, 1.82) is 0 Å². The number of nitrogens with one attached hydrogen (secondary N) is 1. The van der Waals surface area contributed by atoms with Crippen LogP contribution in [0.4, 0.5) is 0 Å². The molecule has 59 heavy (non-hydrogen) atoms. The minimum absolute atomic E-state index is 0.248. The molecule has 1 saturated heterocycles. The molecule has 13 nitrogen and oxygen atoms in total. The molecule has 1 aliphatic rings. The number of carbonyl (C=O) groups is 1. The highest BCUT2D eigenvalue weighted by molar-refractivity contribution is 7.80. The Kier molecular flexibility index (Phi) is 34.3. The summed E-state index contributed by atoms with van der Waals surface area (Å²) in [5, 5.41) is 55.0. The summed E-state index contributed by atoms with van der Waals surface area (Å²) in [5.41, 5.74) is 0. The van der Waals surface area contributed by atoms with Gasteiger partial charge in [-0.1, -0.05) is 199 Å². The van der Waals surface area contributed by atoms with E-state index in [2.05, 4.69) is 23.3 Å². The van der Waals surface area contributed by atoms with Crippen molar-refractivity contribution in [1.82, 2.24) is 5.32 Å². The topological polar surface area (TPSA) is 212 Å². The average Bonchev–Trinajstić information content (AvgIpc) is 3.20. The van der Waals surface area contributed by atoms with Gasteiger partial charge >= 0.3 is 10.4 Å². The quantitative estimate of drug-likeness (QED) is 0.0177. The van der Waals surface area contributed by atoms with Gasteiger partial charge in [0.2, 0.25) is 5.91 Å². The number of ether oxygens (including phenoxy) is 2. The molecule has 8 atom stereocenters. The molecule has 0 aliphatic carbocycles. The van der Waals surface area contributed by atoms with Crippen molar-refractivity contribution in [3.8, 4) is 0 Å². The van der Waals surface area contributed by atoms with Crippen LogP contribution in [0.15, 0.2) is 12.2 Å². The van der Waals surface area contributed by atoms with Gasteiger partial charge in [0, 0.05) is 0 Å². The highest BCUT2D eigenvalue weighted by atomic mass is 32.3. The van der Waals surface area contributed by atoms with Crippen molar-refractivity contribution >= 4 is 16.3 Å². The van der Waals surface area contributed by atoms with E-state index in [1.807, 2.05) is 6.08 Å². The average molecular weight is 866 g/mol. The molecule has 0 aromatic carbocycles. The van der Waals surface area contributed by atoms with E-state index in [0.717, 1.165) is 38.5 Å². The molecule has 0 bridgehead atoms. The zero-order valence-corrected chi connectivity index (χ0v) is 37.8. The second-order valence-corrected chi connectivity index (χ2v) is 17.9. The van der Waals surface area contributed by atoms with Crippen LogP contribution in [0.5, 0.6) is 0 Å². The first kappa shape index (κ1) is 55.8. The Morgan fingerprint density at radius 1 is 0.678 bits per heavy atom. The van der Waals surface area contributed by atoms with E-state index < -0.39 is 78.5 Å². The van der Waals surface area contributed by atoms with Gasteiger partial charge in [0.15, 0.2) is 6.29 Å². The lowest BCUT2D eigenvalue weighted by Crippen LogP contribution is -2.61. The van der Waals surface area contributed by atoms with E-state index in [-0.39, 0.29) is 6.42 Å². The van der Waals surface area contributed by atoms with Crippen LogP contribution in [0, 0.1) is 0 Å². The third-order valence-electron chi connectivity index (χ3n) is 11.4. The molecule has 0 radical (unpaired) electrons. The fourth-order valence-electron chi connectivity index (χ4n) is 7.64. The summed E-state index contributed by atoms with van der Waals surface area (Å²) in [5.74, 6) is -0.701. The van der Waals surface area contributed by atoms with Crippen LogP contribution >= 0.6 is 0 Å². The molecule has 1 aliphatic heterocycles. The van der Waals surface area contributed by atoms with Crippen LogP contribution in [-0.2, 0) is 28.9 Å². The van der Waals surface area contributed by atoms with E-state index in [9.17, 15) is 38.7 Å². The predicted octanol–water partition coefficient (Wildman–Crippen LogP) is 8.14. The molecule has 0 spiro atoms. The van der Waals surface area contributed by atoms with Crippen LogP contribution in [0.25, 0.3) is 0 Å². The van der Waals surface area contributed by atoms with Crippen LogP contribution in [0.1, 0.15) is 206 Å². The lowest BCUT2D eigenvalue weighted by molar-refractivity contribution is -0.298. The Hall–Kier alpha value is -1.20. The Labute approximate surface area is 358 Å². The fourth-order valence-corrected chi connectivity index (χ4v) is 8.15. The van der Waals surface area contributed by atoms with E-state index in [4.69, 9.17) is 14.0 Å². The first-order valence-electron chi connectivity index (χ1n) is 23.7. The van der Waals surface area contributed by atoms with Crippen molar-refractivity contribution in [2.24, 2.45) is 0 Å². The van der Waals surface area contributed by atoms with Gasteiger partial charge in [-0.05, 0) is 19.3 Å². The van der Waals surface area contributed by atoms with Gasteiger partial charge in [0.25, 0.3) is 0 Å². The number of rotatable bonds is 40. The van der Waals surface area contributed by atoms with Crippen LogP contribution < -0.4 is 5.32 Å². The number of allylic oxidation sites excluding steroid dienone is 1. The number of hydrogen-bond acceptors (Lipinski definition) is 11. The van der Waals surface area contributed by atoms with Gasteiger partial charge < -0.3 is 40.3 Å². The van der Waals surface area contributed by atoms with Crippen molar-refractivity contribution < 1.29 is 57.0 Å². The number of aliphatic hydroxyl groups excluding tert-OH is 5. The van der Waals surface area contributed by atoms with E-state index in [1.54, 1.807) is 0 Å². The summed E-state index contributed by atoms with van der Waals surface area (Å²) in [7, 11) is -5.11. The lowest BCUT2D eigenvalue weighted by atomic mass is 9.99.